The van der Waals surface area contributed by atoms with Gasteiger partial charge in [0.25, 0.3) is 5.69 Å². The van der Waals surface area contributed by atoms with Crippen molar-refractivity contribution in [1.29, 1.82) is 0 Å². The fourth-order valence-electron chi connectivity index (χ4n) is 4.58. The summed E-state index contributed by atoms with van der Waals surface area (Å²) in [6.45, 7) is 2.24. The van der Waals surface area contributed by atoms with Crippen LogP contribution in [0.1, 0.15) is 24.6 Å². The van der Waals surface area contributed by atoms with Crippen LogP contribution in [0.4, 0.5) is 11.4 Å². The Morgan fingerprint density at radius 1 is 1.03 bits per heavy atom. The summed E-state index contributed by atoms with van der Waals surface area (Å²) in [5.41, 5.74) is 1.19. The third-order valence-electron chi connectivity index (χ3n) is 6.50. The first kappa shape index (κ1) is 23.4. The molecule has 0 aliphatic carbocycles. The molecule has 35 heavy (non-hydrogen) atoms. The number of aromatic amines is 1. The summed E-state index contributed by atoms with van der Waals surface area (Å²) in [5, 5.41) is 18.8. The maximum Gasteiger partial charge on any atom is 0.270 e. The van der Waals surface area contributed by atoms with Gasteiger partial charge in [-0.1, -0.05) is 30.3 Å². The topological polar surface area (TPSA) is 135 Å². The molecule has 2 aliphatic rings. The first-order valence-electron chi connectivity index (χ1n) is 11.5. The largest absolute Gasteiger partial charge is 0.379 e. The van der Waals surface area contributed by atoms with Gasteiger partial charge in [-0.25, -0.2) is 13.4 Å². The zero-order valence-corrected chi connectivity index (χ0v) is 19.9. The van der Waals surface area contributed by atoms with Crippen LogP contribution in [0.15, 0.2) is 53.4 Å². The predicted octanol–water partition coefficient (Wildman–Crippen LogP) is 2.78. The number of benzene rings is 2. The van der Waals surface area contributed by atoms with Gasteiger partial charge in [-0.15, -0.1) is 0 Å². The Hall–Kier alpha value is -3.35. The summed E-state index contributed by atoms with van der Waals surface area (Å²) < 4.78 is 33.5. The molecule has 11 nitrogen and oxygen atoms in total. The molecule has 0 unspecified atom stereocenters. The first-order valence-corrected chi connectivity index (χ1v) is 13.0. The lowest BCUT2D eigenvalue weighted by Gasteiger charge is -2.35. The molecule has 0 radical (unpaired) electrons. The molecular weight excluding hydrogens is 472 g/mol. The number of nitrogens with one attached hydrogen (secondary N) is 1. The van der Waals surface area contributed by atoms with Gasteiger partial charge < -0.3 is 9.64 Å². The van der Waals surface area contributed by atoms with Gasteiger partial charge in [-0.3, -0.25) is 15.2 Å². The highest BCUT2D eigenvalue weighted by atomic mass is 32.2. The van der Waals surface area contributed by atoms with Gasteiger partial charge in [0, 0.05) is 49.8 Å². The molecule has 2 aliphatic heterocycles. The molecule has 0 atom stereocenters. The number of rotatable bonds is 6. The van der Waals surface area contributed by atoms with Crippen LogP contribution in [0.25, 0.3) is 11.4 Å². The van der Waals surface area contributed by atoms with E-state index in [0.29, 0.717) is 37.8 Å². The van der Waals surface area contributed by atoms with E-state index in [1.54, 1.807) is 6.07 Å². The average Bonchev–Trinajstić information content (AvgIpc) is 3.40. The molecule has 0 saturated carbocycles. The molecule has 3 heterocycles. The van der Waals surface area contributed by atoms with Crippen molar-refractivity contribution in [2.75, 3.05) is 44.3 Å². The second-order valence-electron chi connectivity index (χ2n) is 8.60. The Morgan fingerprint density at radius 3 is 2.43 bits per heavy atom. The van der Waals surface area contributed by atoms with Gasteiger partial charge in [0.15, 0.2) is 5.82 Å². The number of nitrogens with zero attached hydrogens (tertiary/aromatic N) is 5. The Morgan fingerprint density at radius 2 is 1.74 bits per heavy atom. The van der Waals surface area contributed by atoms with Crippen LogP contribution < -0.4 is 4.90 Å². The van der Waals surface area contributed by atoms with E-state index in [0.717, 1.165) is 24.2 Å². The van der Waals surface area contributed by atoms with E-state index >= 15 is 0 Å². The lowest BCUT2D eigenvalue weighted by atomic mass is 9.95. The molecule has 184 valence electrons. The van der Waals surface area contributed by atoms with E-state index < -0.39 is 14.9 Å². The summed E-state index contributed by atoms with van der Waals surface area (Å²) in [6, 6.07) is 13.8. The Bertz CT molecular complexity index is 1300. The van der Waals surface area contributed by atoms with E-state index in [-0.39, 0.29) is 29.6 Å². The Labute approximate surface area is 202 Å². The van der Waals surface area contributed by atoms with E-state index in [4.69, 9.17) is 4.74 Å². The van der Waals surface area contributed by atoms with Crippen LogP contribution in [-0.4, -0.2) is 72.2 Å². The number of H-pyrrole nitrogens is 1. The predicted molar refractivity (Wildman–Crippen MR) is 129 cm³/mol. The van der Waals surface area contributed by atoms with Gasteiger partial charge in [-0.2, -0.15) is 9.40 Å². The number of piperidine rings is 1. The second kappa shape index (κ2) is 9.72. The number of ether oxygens (including phenoxy) is 1. The van der Waals surface area contributed by atoms with Crippen LogP contribution in [0, 0.1) is 10.1 Å². The highest BCUT2D eigenvalue weighted by Crippen LogP contribution is 2.36. The molecule has 2 fully saturated rings. The smallest absolute Gasteiger partial charge is 0.270 e. The monoisotopic (exact) mass is 498 g/mol. The molecule has 2 aromatic carbocycles. The van der Waals surface area contributed by atoms with Gasteiger partial charge in [-0.05, 0) is 18.9 Å². The molecule has 1 aromatic heterocycles. The third kappa shape index (κ3) is 4.77. The first-order chi connectivity index (χ1) is 16.9. The van der Waals surface area contributed by atoms with Crippen molar-refractivity contribution >= 4 is 21.4 Å². The van der Waals surface area contributed by atoms with E-state index in [9.17, 15) is 18.5 Å². The minimum absolute atomic E-state index is 0.0296. The summed E-state index contributed by atoms with van der Waals surface area (Å²) in [7, 11) is -3.91. The van der Waals surface area contributed by atoms with E-state index in [1.165, 1.54) is 16.4 Å². The molecule has 0 bridgehead atoms. The lowest BCUT2D eigenvalue weighted by Crippen LogP contribution is -2.41. The maximum atomic E-state index is 13.4. The minimum Gasteiger partial charge on any atom is -0.379 e. The number of morpholine rings is 1. The van der Waals surface area contributed by atoms with Crippen LogP contribution in [0.5, 0.6) is 0 Å². The second-order valence-corrected chi connectivity index (χ2v) is 10.5. The number of hydrogen-bond acceptors (Lipinski definition) is 8. The van der Waals surface area contributed by atoms with Crippen molar-refractivity contribution in [3.8, 4) is 11.4 Å². The Kier molecular flexibility index (Phi) is 6.50. The normalized spacial score (nSPS) is 18.0. The van der Waals surface area contributed by atoms with Crippen molar-refractivity contribution in [2.45, 2.75) is 23.7 Å². The summed E-state index contributed by atoms with van der Waals surface area (Å²) in [4.78, 5) is 17.5. The average molecular weight is 499 g/mol. The SMILES string of the molecule is O=[N+]([O-])c1ccc(N2CCC(c3nc(-c4ccccc4)n[nH]3)CC2)c(S(=O)(=O)N2CCOCC2)c1. The molecule has 2 saturated heterocycles. The van der Waals surface area contributed by atoms with E-state index in [1.807, 2.05) is 35.2 Å². The highest BCUT2D eigenvalue weighted by Gasteiger charge is 2.33. The number of sulfonamides is 1. The Balaban J connectivity index is 1.37. The van der Waals surface area contributed by atoms with Crippen LogP contribution >= 0.6 is 0 Å². The van der Waals surface area contributed by atoms with Crippen molar-refractivity contribution in [3.63, 3.8) is 0 Å². The molecule has 5 rings (SSSR count). The van der Waals surface area contributed by atoms with Crippen LogP contribution in [0.2, 0.25) is 0 Å². The highest BCUT2D eigenvalue weighted by molar-refractivity contribution is 7.89. The zero-order valence-electron chi connectivity index (χ0n) is 19.0. The molecular formula is C23H26N6O5S. The van der Waals surface area contributed by atoms with Gasteiger partial charge in [0.1, 0.15) is 10.7 Å². The molecule has 3 aromatic rings. The fraction of sp³-hybridized carbons (Fsp3) is 0.391. The molecule has 0 spiro atoms. The summed E-state index contributed by atoms with van der Waals surface area (Å²) in [5.74, 6) is 1.62. The molecule has 1 N–H and O–H groups in total. The van der Waals surface area contributed by atoms with Gasteiger partial charge >= 0.3 is 0 Å². The summed E-state index contributed by atoms with van der Waals surface area (Å²) >= 11 is 0. The van der Waals surface area contributed by atoms with Gasteiger partial charge in [0.05, 0.1) is 23.8 Å². The number of nitro benzene ring substituents is 1. The number of hydrogen-bond donors (Lipinski definition) is 1. The van der Waals surface area contributed by atoms with Crippen molar-refractivity contribution in [1.82, 2.24) is 19.5 Å². The molecule has 12 heteroatoms. The van der Waals surface area contributed by atoms with Crippen LogP contribution in [0.3, 0.4) is 0 Å². The minimum atomic E-state index is -3.91. The summed E-state index contributed by atoms with van der Waals surface area (Å²) in [6.07, 6.45) is 1.49. The number of anilines is 1. The van der Waals surface area contributed by atoms with Crippen molar-refractivity contribution in [2.24, 2.45) is 0 Å². The zero-order chi connectivity index (χ0) is 24.4. The molecule has 0 amide bonds. The number of aromatic nitrogens is 3. The van der Waals surface area contributed by atoms with Crippen molar-refractivity contribution in [3.05, 3.63) is 64.5 Å². The van der Waals surface area contributed by atoms with Crippen LogP contribution in [-0.2, 0) is 14.8 Å². The quantitative estimate of drug-likeness (QED) is 0.405. The maximum absolute atomic E-state index is 13.4. The van der Waals surface area contributed by atoms with E-state index in [2.05, 4.69) is 15.2 Å². The third-order valence-corrected chi connectivity index (χ3v) is 8.43. The number of non-ortho nitro benzene ring substituents is 1. The lowest BCUT2D eigenvalue weighted by molar-refractivity contribution is -0.385. The number of nitro groups is 1. The van der Waals surface area contributed by atoms with Crippen molar-refractivity contribution < 1.29 is 18.1 Å². The van der Waals surface area contributed by atoms with Gasteiger partial charge in [0.2, 0.25) is 10.0 Å². The standard InChI is InChI=1S/C23H26N6O5S/c30-29(31)19-6-7-20(21(16-19)35(32,33)28-12-14-34-15-13-28)27-10-8-18(9-11-27)23-24-22(25-26-23)17-4-2-1-3-5-17/h1-7,16,18H,8-15H2,(H,24,25,26). The fourth-order valence-corrected chi connectivity index (χ4v) is 6.22.